The van der Waals surface area contributed by atoms with Crippen LogP contribution in [0.25, 0.3) is 10.9 Å². The maximum absolute atomic E-state index is 12.1. The number of carbonyl (C=O) groups excluding carboxylic acids is 1. The largest absolute Gasteiger partial charge is 0.496 e. The van der Waals surface area contributed by atoms with E-state index in [1.54, 1.807) is 31.5 Å². The minimum atomic E-state index is -0.235. The van der Waals surface area contributed by atoms with Gasteiger partial charge in [0.1, 0.15) is 5.75 Å². The number of nitrogens with one attached hydrogen (secondary N) is 1. The molecule has 1 amide bonds. The molecule has 1 heterocycles. The minimum absolute atomic E-state index is 0.235. The second-order valence-corrected chi connectivity index (χ2v) is 4.52. The third-order valence-electron chi connectivity index (χ3n) is 2.85. The van der Waals surface area contributed by atoms with Gasteiger partial charge in [0, 0.05) is 31.3 Å². The number of hydrogen-bond acceptors (Lipinski definition) is 4. The number of halogens is 1. The van der Waals surface area contributed by atoms with Crippen LogP contribution in [-0.4, -0.2) is 38.3 Å². The highest BCUT2D eigenvalue weighted by molar-refractivity contribution is 6.35. The quantitative estimate of drug-likeness (QED) is 0.860. The van der Waals surface area contributed by atoms with Gasteiger partial charge in [-0.1, -0.05) is 11.6 Å². The summed E-state index contributed by atoms with van der Waals surface area (Å²) in [6.07, 6.45) is 1.61. The van der Waals surface area contributed by atoms with Gasteiger partial charge in [-0.05, 0) is 12.1 Å². The summed E-state index contributed by atoms with van der Waals surface area (Å²) in [6, 6.07) is 5.07. The lowest BCUT2D eigenvalue weighted by atomic mass is 10.1. The Balaban J connectivity index is 2.40. The summed E-state index contributed by atoms with van der Waals surface area (Å²) in [5.74, 6) is 0.225. The Labute approximate surface area is 121 Å². The van der Waals surface area contributed by atoms with E-state index in [2.05, 4.69) is 10.3 Å². The molecule has 0 spiro atoms. The first kappa shape index (κ1) is 14.6. The molecule has 0 aliphatic heterocycles. The van der Waals surface area contributed by atoms with Gasteiger partial charge in [0.2, 0.25) is 0 Å². The van der Waals surface area contributed by atoms with Crippen molar-refractivity contribution in [1.82, 2.24) is 10.3 Å². The fourth-order valence-corrected chi connectivity index (χ4v) is 2.06. The Bertz CT molecular complexity index is 631. The van der Waals surface area contributed by atoms with Crippen molar-refractivity contribution in [3.8, 4) is 5.75 Å². The predicted octanol–water partition coefficient (Wildman–Crippen LogP) is 2.27. The normalized spacial score (nSPS) is 10.6. The van der Waals surface area contributed by atoms with Crippen LogP contribution in [0.5, 0.6) is 5.75 Å². The number of amides is 1. The molecule has 2 aromatic rings. The molecule has 1 aromatic carbocycles. The number of carbonyl (C=O) groups is 1. The van der Waals surface area contributed by atoms with E-state index in [0.29, 0.717) is 40.4 Å². The Morgan fingerprint density at radius 1 is 1.40 bits per heavy atom. The van der Waals surface area contributed by atoms with E-state index in [4.69, 9.17) is 21.1 Å². The van der Waals surface area contributed by atoms with E-state index in [0.717, 1.165) is 0 Å². The Morgan fingerprint density at radius 2 is 2.20 bits per heavy atom. The van der Waals surface area contributed by atoms with Gasteiger partial charge in [0.25, 0.3) is 5.91 Å². The van der Waals surface area contributed by atoms with E-state index in [-0.39, 0.29) is 5.91 Å². The lowest BCUT2D eigenvalue weighted by molar-refractivity contribution is 0.0934. The third kappa shape index (κ3) is 3.00. The molecule has 1 aromatic heterocycles. The number of rotatable bonds is 5. The van der Waals surface area contributed by atoms with Gasteiger partial charge in [0.05, 0.1) is 29.8 Å². The van der Waals surface area contributed by atoms with Crippen molar-refractivity contribution in [2.75, 3.05) is 27.4 Å². The van der Waals surface area contributed by atoms with Crippen LogP contribution in [0, 0.1) is 0 Å². The molecule has 0 unspecified atom stereocenters. The molecule has 2 rings (SSSR count). The van der Waals surface area contributed by atoms with Crippen LogP contribution in [0.1, 0.15) is 10.4 Å². The second kappa shape index (κ2) is 6.54. The molecule has 5 nitrogen and oxygen atoms in total. The Hall–Kier alpha value is -1.85. The standard InChI is InChI=1S/C14H15ClN2O3/c1-19-6-5-17-14(18)10-7-9-11(15)3-4-16-12(9)8-13(10)20-2/h3-4,7-8H,5-6H2,1-2H3,(H,17,18). The molecule has 0 aliphatic carbocycles. The van der Waals surface area contributed by atoms with E-state index >= 15 is 0 Å². The highest BCUT2D eigenvalue weighted by Gasteiger charge is 2.14. The maximum Gasteiger partial charge on any atom is 0.255 e. The molecular formula is C14H15ClN2O3. The number of pyridine rings is 1. The van der Waals surface area contributed by atoms with E-state index < -0.39 is 0 Å². The summed E-state index contributed by atoms with van der Waals surface area (Å²) in [5, 5.41) is 4.01. The highest BCUT2D eigenvalue weighted by atomic mass is 35.5. The van der Waals surface area contributed by atoms with Gasteiger partial charge >= 0.3 is 0 Å². The average Bonchev–Trinajstić information content (AvgIpc) is 2.46. The fourth-order valence-electron chi connectivity index (χ4n) is 1.85. The van der Waals surface area contributed by atoms with E-state index in [9.17, 15) is 4.79 Å². The number of nitrogens with zero attached hydrogens (tertiary/aromatic N) is 1. The zero-order chi connectivity index (χ0) is 14.5. The monoisotopic (exact) mass is 294 g/mol. The number of ether oxygens (including phenoxy) is 2. The molecule has 106 valence electrons. The smallest absolute Gasteiger partial charge is 0.255 e. The molecule has 0 aliphatic rings. The van der Waals surface area contributed by atoms with E-state index in [1.165, 1.54) is 7.11 Å². The van der Waals surface area contributed by atoms with Crippen molar-refractivity contribution >= 4 is 28.4 Å². The van der Waals surface area contributed by atoms with Crippen LogP contribution in [0.2, 0.25) is 5.02 Å². The van der Waals surface area contributed by atoms with Crippen LogP contribution in [0.15, 0.2) is 24.4 Å². The summed E-state index contributed by atoms with van der Waals surface area (Å²) < 4.78 is 10.1. The van der Waals surface area contributed by atoms with Crippen molar-refractivity contribution in [2.24, 2.45) is 0 Å². The fraction of sp³-hybridized carbons (Fsp3) is 0.286. The van der Waals surface area contributed by atoms with Crippen LogP contribution in [-0.2, 0) is 4.74 Å². The lowest BCUT2D eigenvalue weighted by Gasteiger charge is -2.11. The second-order valence-electron chi connectivity index (χ2n) is 4.11. The lowest BCUT2D eigenvalue weighted by Crippen LogP contribution is -2.27. The van der Waals surface area contributed by atoms with Gasteiger partial charge in [0.15, 0.2) is 0 Å². The van der Waals surface area contributed by atoms with Crippen molar-refractivity contribution < 1.29 is 14.3 Å². The summed E-state index contributed by atoms with van der Waals surface area (Å²) in [7, 11) is 3.09. The SMILES string of the molecule is COCCNC(=O)c1cc2c(Cl)ccnc2cc1OC. The zero-order valence-electron chi connectivity index (χ0n) is 11.3. The van der Waals surface area contributed by atoms with Crippen molar-refractivity contribution in [3.63, 3.8) is 0 Å². The first-order chi connectivity index (χ1) is 9.67. The Morgan fingerprint density at radius 3 is 2.90 bits per heavy atom. The molecule has 0 fully saturated rings. The summed E-state index contributed by atoms with van der Waals surface area (Å²) in [5.41, 5.74) is 1.11. The number of benzene rings is 1. The van der Waals surface area contributed by atoms with Crippen molar-refractivity contribution in [2.45, 2.75) is 0 Å². The molecule has 0 saturated carbocycles. The third-order valence-corrected chi connectivity index (χ3v) is 3.18. The van der Waals surface area contributed by atoms with Gasteiger partial charge in [-0.15, -0.1) is 0 Å². The summed E-state index contributed by atoms with van der Waals surface area (Å²) >= 11 is 6.12. The number of aromatic nitrogens is 1. The van der Waals surface area contributed by atoms with Gasteiger partial charge in [-0.2, -0.15) is 0 Å². The maximum atomic E-state index is 12.1. The summed E-state index contributed by atoms with van der Waals surface area (Å²) in [6.45, 7) is 0.876. The number of fused-ring (bicyclic) bond motifs is 1. The molecule has 20 heavy (non-hydrogen) atoms. The van der Waals surface area contributed by atoms with Gasteiger partial charge in [-0.3, -0.25) is 9.78 Å². The van der Waals surface area contributed by atoms with Crippen LogP contribution >= 0.6 is 11.6 Å². The van der Waals surface area contributed by atoms with Gasteiger partial charge < -0.3 is 14.8 Å². The molecule has 0 bridgehead atoms. The molecule has 0 saturated heterocycles. The van der Waals surface area contributed by atoms with Crippen LogP contribution in [0.3, 0.4) is 0 Å². The first-order valence-corrected chi connectivity index (χ1v) is 6.44. The van der Waals surface area contributed by atoms with Crippen molar-refractivity contribution in [3.05, 3.63) is 35.0 Å². The average molecular weight is 295 g/mol. The molecule has 0 atom stereocenters. The topological polar surface area (TPSA) is 60.5 Å². The molecular weight excluding hydrogens is 280 g/mol. The molecule has 0 radical (unpaired) electrons. The number of methoxy groups -OCH3 is 2. The highest BCUT2D eigenvalue weighted by Crippen LogP contribution is 2.29. The first-order valence-electron chi connectivity index (χ1n) is 6.06. The van der Waals surface area contributed by atoms with Crippen LogP contribution < -0.4 is 10.1 Å². The van der Waals surface area contributed by atoms with E-state index in [1.807, 2.05) is 0 Å². The van der Waals surface area contributed by atoms with Crippen LogP contribution in [0.4, 0.5) is 0 Å². The zero-order valence-corrected chi connectivity index (χ0v) is 12.0. The number of hydrogen-bond donors (Lipinski definition) is 1. The summed E-state index contributed by atoms with van der Waals surface area (Å²) in [4.78, 5) is 16.4. The molecule has 1 N–H and O–H groups in total. The minimum Gasteiger partial charge on any atom is -0.496 e. The van der Waals surface area contributed by atoms with Crippen molar-refractivity contribution in [1.29, 1.82) is 0 Å². The Kier molecular flexibility index (Phi) is 4.76. The molecule has 6 heteroatoms. The predicted molar refractivity (Wildman–Crippen MR) is 77.5 cm³/mol. The van der Waals surface area contributed by atoms with Gasteiger partial charge in [-0.25, -0.2) is 0 Å².